The molecule has 0 aliphatic rings. The van der Waals surface area contributed by atoms with Gasteiger partial charge in [-0.1, -0.05) is 76.1 Å². The maximum absolute atomic E-state index is 11.5. The predicted molar refractivity (Wildman–Crippen MR) is 107 cm³/mol. The molecular formula is C22H29KO4S. The molecule has 0 aliphatic heterocycles. The molecule has 0 spiro atoms. The fourth-order valence-corrected chi connectivity index (χ4v) is 3.65. The van der Waals surface area contributed by atoms with Crippen molar-refractivity contribution in [3.8, 4) is 11.5 Å². The summed E-state index contributed by atoms with van der Waals surface area (Å²) in [5.74, 6) is 0.611. The van der Waals surface area contributed by atoms with Crippen LogP contribution in [0.2, 0.25) is 0 Å². The van der Waals surface area contributed by atoms with E-state index in [0.29, 0.717) is 5.75 Å². The Bertz CT molecular complexity index is 791. The molecule has 0 amide bonds. The maximum atomic E-state index is 11.5. The van der Waals surface area contributed by atoms with E-state index in [1.165, 1.54) is 44.6 Å². The summed E-state index contributed by atoms with van der Waals surface area (Å²) in [5.41, 5.74) is 0.985. The normalized spacial score (nSPS) is 11.1. The molecule has 0 saturated carbocycles. The molecule has 0 saturated heterocycles. The van der Waals surface area contributed by atoms with Gasteiger partial charge in [0.1, 0.15) is 21.6 Å². The van der Waals surface area contributed by atoms with E-state index in [0.717, 1.165) is 24.8 Å². The maximum Gasteiger partial charge on any atom is 1.00 e. The van der Waals surface area contributed by atoms with E-state index in [9.17, 15) is 13.0 Å². The number of unbranched alkanes of at least 4 members (excludes halogenated alkanes) is 7. The third-order valence-corrected chi connectivity index (χ3v) is 5.44. The topological polar surface area (TPSA) is 66.4 Å². The van der Waals surface area contributed by atoms with Crippen LogP contribution in [0, 0.1) is 0 Å². The van der Waals surface area contributed by atoms with E-state index in [1.807, 2.05) is 6.07 Å². The van der Waals surface area contributed by atoms with Crippen molar-refractivity contribution in [1.29, 1.82) is 0 Å². The van der Waals surface area contributed by atoms with Gasteiger partial charge in [0, 0.05) is 0 Å². The van der Waals surface area contributed by atoms with Gasteiger partial charge in [-0.05, 0) is 42.7 Å². The third-order valence-electron chi connectivity index (χ3n) is 4.57. The molecule has 0 N–H and O–H groups in total. The van der Waals surface area contributed by atoms with Crippen molar-refractivity contribution >= 4 is 10.1 Å². The Morgan fingerprint density at radius 1 is 0.857 bits per heavy atom. The second-order valence-electron chi connectivity index (χ2n) is 6.88. The molecule has 2 aromatic carbocycles. The largest absolute Gasteiger partial charge is 1.00 e. The number of hydrogen-bond acceptors (Lipinski definition) is 4. The van der Waals surface area contributed by atoms with Gasteiger partial charge in [0.2, 0.25) is 0 Å². The van der Waals surface area contributed by atoms with Crippen molar-refractivity contribution in [2.75, 3.05) is 0 Å². The molecule has 0 bridgehead atoms. The SMILES string of the molecule is CCCCCCCCCCc1ccc(S(=O)(=O)[O-])c(Oc2ccccc2)c1.[K+]. The van der Waals surface area contributed by atoms with Crippen molar-refractivity contribution in [3.63, 3.8) is 0 Å². The van der Waals surface area contributed by atoms with Crippen molar-refractivity contribution < 1.29 is 69.1 Å². The number of aryl methyl sites for hydroxylation is 1. The Labute approximate surface area is 212 Å². The number of ether oxygens (including phenoxy) is 1. The molecule has 4 nitrogen and oxygen atoms in total. The van der Waals surface area contributed by atoms with Gasteiger partial charge in [0.25, 0.3) is 0 Å². The molecule has 0 aliphatic carbocycles. The minimum absolute atomic E-state index is 0. The van der Waals surface area contributed by atoms with Crippen LogP contribution in [0.1, 0.15) is 63.9 Å². The molecule has 0 atom stereocenters. The first kappa shape index (κ1) is 25.8. The van der Waals surface area contributed by atoms with Crippen LogP contribution < -0.4 is 56.1 Å². The summed E-state index contributed by atoms with van der Waals surface area (Å²) in [7, 11) is -4.59. The van der Waals surface area contributed by atoms with Crippen molar-refractivity contribution in [2.45, 2.75) is 69.6 Å². The molecule has 0 radical (unpaired) electrons. The van der Waals surface area contributed by atoms with E-state index < -0.39 is 10.1 Å². The zero-order valence-electron chi connectivity index (χ0n) is 17.0. The summed E-state index contributed by atoms with van der Waals surface area (Å²) in [4.78, 5) is -0.314. The van der Waals surface area contributed by atoms with Crippen LogP contribution in [-0.2, 0) is 16.5 Å². The van der Waals surface area contributed by atoms with Crippen LogP contribution in [0.25, 0.3) is 0 Å². The minimum Gasteiger partial charge on any atom is -0.744 e. The van der Waals surface area contributed by atoms with Crippen LogP contribution in [0.15, 0.2) is 53.4 Å². The summed E-state index contributed by atoms with van der Waals surface area (Å²) < 4.78 is 40.3. The quantitative estimate of drug-likeness (QED) is 0.296. The van der Waals surface area contributed by atoms with Gasteiger partial charge in [-0.3, -0.25) is 0 Å². The fraction of sp³-hybridized carbons (Fsp3) is 0.455. The van der Waals surface area contributed by atoms with E-state index in [-0.39, 0.29) is 62.0 Å². The summed E-state index contributed by atoms with van der Waals surface area (Å²) in [6, 6.07) is 13.6. The van der Waals surface area contributed by atoms with Gasteiger partial charge >= 0.3 is 51.4 Å². The van der Waals surface area contributed by atoms with Crippen LogP contribution in [0.3, 0.4) is 0 Å². The monoisotopic (exact) mass is 428 g/mol. The number of para-hydroxylation sites is 1. The Morgan fingerprint density at radius 2 is 1.46 bits per heavy atom. The van der Waals surface area contributed by atoms with Gasteiger partial charge in [0.15, 0.2) is 0 Å². The Kier molecular flexibility index (Phi) is 12.8. The third kappa shape index (κ3) is 9.52. The Hall–Kier alpha value is -0.214. The Morgan fingerprint density at radius 3 is 2.07 bits per heavy atom. The average Bonchev–Trinajstić information content (AvgIpc) is 2.64. The molecule has 0 unspecified atom stereocenters. The summed E-state index contributed by atoms with van der Waals surface area (Å²) in [6.07, 6.45) is 10.8. The van der Waals surface area contributed by atoms with Crippen LogP contribution in [0.4, 0.5) is 0 Å². The second-order valence-corrected chi connectivity index (χ2v) is 8.22. The van der Waals surface area contributed by atoms with Gasteiger partial charge in [-0.15, -0.1) is 0 Å². The molecular weight excluding hydrogens is 399 g/mol. The minimum atomic E-state index is -4.59. The molecule has 0 aromatic heterocycles. The standard InChI is InChI=1S/C22H30O4S.K/c1-2-3-4-5-6-7-8-10-13-19-16-17-22(27(23,24)25)21(18-19)26-20-14-11-9-12-15-20;/h9,11-12,14-18H,2-8,10,13H2,1H3,(H,23,24,25);/q;+1/p-1. The molecule has 0 fully saturated rings. The van der Waals surface area contributed by atoms with Crippen molar-refractivity contribution in [3.05, 3.63) is 54.1 Å². The average molecular weight is 429 g/mol. The molecule has 0 heterocycles. The Balaban J connectivity index is 0.00000392. The van der Waals surface area contributed by atoms with Gasteiger partial charge < -0.3 is 9.29 Å². The fourth-order valence-electron chi connectivity index (χ4n) is 3.07. The van der Waals surface area contributed by atoms with E-state index >= 15 is 0 Å². The first-order valence-electron chi connectivity index (χ1n) is 9.82. The van der Waals surface area contributed by atoms with E-state index in [1.54, 1.807) is 36.4 Å². The molecule has 2 rings (SSSR count). The summed E-state index contributed by atoms with van der Waals surface area (Å²) in [5, 5.41) is 0. The first-order chi connectivity index (χ1) is 13.0. The second kappa shape index (κ2) is 13.9. The van der Waals surface area contributed by atoms with Crippen LogP contribution in [0.5, 0.6) is 11.5 Å². The van der Waals surface area contributed by atoms with Crippen LogP contribution in [-0.4, -0.2) is 13.0 Å². The number of hydrogen-bond donors (Lipinski definition) is 0. The van der Waals surface area contributed by atoms with Gasteiger partial charge in [0.05, 0.1) is 4.90 Å². The smallest absolute Gasteiger partial charge is 0.744 e. The van der Waals surface area contributed by atoms with Crippen LogP contribution >= 0.6 is 0 Å². The zero-order chi connectivity index (χ0) is 19.5. The van der Waals surface area contributed by atoms with Crippen molar-refractivity contribution in [2.24, 2.45) is 0 Å². The van der Waals surface area contributed by atoms with Gasteiger partial charge in [-0.2, -0.15) is 0 Å². The zero-order valence-corrected chi connectivity index (χ0v) is 21.0. The van der Waals surface area contributed by atoms with Crippen molar-refractivity contribution in [1.82, 2.24) is 0 Å². The predicted octanol–water partition coefficient (Wildman–Crippen LogP) is 3.07. The summed E-state index contributed by atoms with van der Waals surface area (Å²) >= 11 is 0. The number of benzene rings is 2. The van der Waals surface area contributed by atoms with E-state index in [4.69, 9.17) is 4.74 Å². The first-order valence-corrected chi connectivity index (χ1v) is 11.2. The molecule has 6 heteroatoms. The number of rotatable bonds is 12. The van der Waals surface area contributed by atoms with Gasteiger partial charge in [-0.25, -0.2) is 8.42 Å². The van der Waals surface area contributed by atoms with E-state index in [2.05, 4.69) is 6.92 Å². The molecule has 28 heavy (non-hydrogen) atoms. The molecule has 148 valence electrons. The summed E-state index contributed by atoms with van der Waals surface area (Å²) in [6.45, 7) is 2.22. The molecule has 2 aromatic rings.